The van der Waals surface area contributed by atoms with E-state index in [4.69, 9.17) is 0 Å². The smallest absolute Gasteiger partial charge is 0.280 e. The first-order valence-corrected chi connectivity index (χ1v) is 5.26. The summed E-state index contributed by atoms with van der Waals surface area (Å²) in [6.07, 6.45) is 3.42. The van der Waals surface area contributed by atoms with E-state index in [1.165, 1.54) is 9.13 Å². The van der Waals surface area contributed by atoms with Gasteiger partial charge in [-0.25, -0.2) is 9.78 Å². The molecule has 1 aliphatic rings. The zero-order valence-corrected chi connectivity index (χ0v) is 8.88. The Kier molecular flexibility index (Phi) is 1.77. The fraction of sp³-hybridized carbons (Fsp3) is 0.364. The van der Waals surface area contributed by atoms with Crippen molar-refractivity contribution in [2.45, 2.75) is 18.9 Å². The van der Waals surface area contributed by atoms with Crippen LogP contribution in [0.1, 0.15) is 18.9 Å². The third kappa shape index (κ3) is 1.14. The van der Waals surface area contributed by atoms with Crippen LogP contribution in [-0.4, -0.2) is 14.1 Å². The Morgan fingerprint density at radius 1 is 1.38 bits per heavy atom. The van der Waals surface area contributed by atoms with E-state index in [0.717, 1.165) is 12.8 Å². The molecule has 5 heteroatoms. The van der Waals surface area contributed by atoms with Crippen molar-refractivity contribution in [2.24, 2.45) is 7.05 Å². The first-order chi connectivity index (χ1) is 7.70. The molecule has 0 N–H and O–H groups in total. The molecule has 1 aliphatic carbocycles. The van der Waals surface area contributed by atoms with Crippen molar-refractivity contribution < 1.29 is 0 Å². The van der Waals surface area contributed by atoms with Crippen LogP contribution in [-0.2, 0) is 7.05 Å². The molecular weight excluding hydrogens is 206 g/mol. The second-order valence-electron chi connectivity index (χ2n) is 4.12. The normalized spacial score (nSPS) is 15.6. The highest BCUT2D eigenvalue weighted by Gasteiger charge is 2.28. The van der Waals surface area contributed by atoms with Crippen LogP contribution in [0.3, 0.4) is 0 Å². The van der Waals surface area contributed by atoms with Crippen molar-refractivity contribution in [2.75, 3.05) is 0 Å². The molecule has 0 unspecified atom stereocenters. The fourth-order valence-electron chi connectivity index (χ4n) is 1.95. The van der Waals surface area contributed by atoms with Crippen LogP contribution in [0.25, 0.3) is 11.0 Å². The number of pyridine rings is 1. The second-order valence-corrected chi connectivity index (χ2v) is 4.12. The predicted molar refractivity (Wildman–Crippen MR) is 59.5 cm³/mol. The van der Waals surface area contributed by atoms with Gasteiger partial charge in [-0.2, -0.15) is 0 Å². The van der Waals surface area contributed by atoms with Gasteiger partial charge in [0.2, 0.25) is 0 Å². The number of aromatic nitrogens is 3. The summed E-state index contributed by atoms with van der Waals surface area (Å²) < 4.78 is 2.79. The van der Waals surface area contributed by atoms with Gasteiger partial charge in [-0.05, 0) is 25.0 Å². The molecular formula is C11H11N3O2. The van der Waals surface area contributed by atoms with Gasteiger partial charge in [-0.1, -0.05) is 0 Å². The van der Waals surface area contributed by atoms with Crippen LogP contribution in [0.4, 0.5) is 0 Å². The third-order valence-corrected chi connectivity index (χ3v) is 2.96. The van der Waals surface area contributed by atoms with Gasteiger partial charge < -0.3 is 0 Å². The third-order valence-electron chi connectivity index (χ3n) is 2.96. The van der Waals surface area contributed by atoms with Crippen molar-refractivity contribution in [1.82, 2.24) is 14.1 Å². The number of fused-ring (bicyclic) bond motifs is 1. The van der Waals surface area contributed by atoms with E-state index in [2.05, 4.69) is 4.98 Å². The molecule has 1 saturated carbocycles. The highest BCUT2D eigenvalue weighted by molar-refractivity contribution is 5.73. The van der Waals surface area contributed by atoms with Crippen LogP contribution in [0.5, 0.6) is 0 Å². The van der Waals surface area contributed by atoms with E-state index >= 15 is 0 Å². The molecule has 0 atom stereocenters. The van der Waals surface area contributed by atoms with E-state index in [1.54, 1.807) is 25.4 Å². The lowest BCUT2D eigenvalue weighted by molar-refractivity contribution is 0.623. The van der Waals surface area contributed by atoms with E-state index < -0.39 is 0 Å². The van der Waals surface area contributed by atoms with Crippen molar-refractivity contribution >= 4 is 11.0 Å². The SMILES string of the molecule is Cn1c(=O)n(C2CC2)c(=O)c2cccnc21. The number of aryl methyl sites for hydroxylation is 1. The summed E-state index contributed by atoms with van der Waals surface area (Å²) in [4.78, 5) is 28.1. The average molecular weight is 217 g/mol. The zero-order valence-electron chi connectivity index (χ0n) is 8.88. The maximum Gasteiger partial charge on any atom is 0.332 e. The van der Waals surface area contributed by atoms with E-state index in [0.29, 0.717) is 11.0 Å². The van der Waals surface area contributed by atoms with Crippen molar-refractivity contribution in [1.29, 1.82) is 0 Å². The molecule has 2 aromatic heterocycles. The summed E-state index contributed by atoms with van der Waals surface area (Å²) in [5.41, 5.74) is -0.0261. The topological polar surface area (TPSA) is 56.9 Å². The first-order valence-electron chi connectivity index (χ1n) is 5.26. The monoisotopic (exact) mass is 217 g/mol. The Bertz CT molecular complexity index is 680. The molecule has 82 valence electrons. The van der Waals surface area contributed by atoms with Gasteiger partial charge in [0.05, 0.1) is 5.39 Å². The van der Waals surface area contributed by atoms with Gasteiger partial charge in [-0.15, -0.1) is 0 Å². The largest absolute Gasteiger partial charge is 0.332 e. The maximum absolute atomic E-state index is 12.1. The Balaban J connectivity index is 2.53. The highest BCUT2D eigenvalue weighted by atomic mass is 16.2. The molecule has 1 fully saturated rings. The molecule has 0 spiro atoms. The van der Waals surface area contributed by atoms with E-state index in [1.807, 2.05) is 0 Å². The first kappa shape index (κ1) is 9.33. The molecule has 16 heavy (non-hydrogen) atoms. The fourth-order valence-corrected chi connectivity index (χ4v) is 1.95. The molecule has 0 aliphatic heterocycles. The van der Waals surface area contributed by atoms with Gasteiger partial charge in [0.15, 0.2) is 0 Å². The number of rotatable bonds is 1. The number of hydrogen-bond donors (Lipinski definition) is 0. The highest BCUT2D eigenvalue weighted by Crippen LogP contribution is 2.32. The van der Waals surface area contributed by atoms with Crippen molar-refractivity contribution in [3.05, 3.63) is 39.2 Å². The van der Waals surface area contributed by atoms with E-state index in [9.17, 15) is 9.59 Å². The van der Waals surface area contributed by atoms with Crippen molar-refractivity contribution in [3.8, 4) is 0 Å². The maximum atomic E-state index is 12.1. The lowest BCUT2D eigenvalue weighted by atomic mass is 10.3. The number of hydrogen-bond acceptors (Lipinski definition) is 3. The van der Waals surface area contributed by atoms with Gasteiger partial charge in [0.1, 0.15) is 5.65 Å². The Morgan fingerprint density at radius 3 is 2.81 bits per heavy atom. The minimum absolute atomic E-state index is 0.0933. The summed E-state index contributed by atoms with van der Waals surface area (Å²) in [5.74, 6) is 0. The van der Waals surface area contributed by atoms with Gasteiger partial charge >= 0.3 is 5.69 Å². The minimum Gasteiger partial charge on any atom is -0.280 e. The van der Waals surface area contributed by atoms with Crippen LogP contribution < -0.4 is 11.2 Å². The van der Waals surface area contributed by atoms with Crippen LogP contribution >= 0.6 is 0 Å². The van der Waals surface area contributed by atoms with Gasteiger partial charge in [0.25, 0.3) is 5.56 Å². The standard InChI is InChI=1S/C11H11N3O2/c1-13-9-8(3-2-6-12-9)10(15)14(11(13)16)7-4-5-7/h2-3,6-7H,4-5H2,1H3. The van der Waals surface area contributed by atoms with Crippen molar-refractivity contribution in [3.63, 3.8) is 0 Å². The summed E-state index contributed by atoms with van der Waals surface area (Å²) in [5, 5.41) is 0.511. The van der Waals surface area contributed by atoms with Gasteiger partial charge in [-0.3, -0.25) is 13.9 Å². The lowest BCUT2D eigenvalue weighted by Crippen LogP contribution is -2.38. The zero-order chi connectivity index (χ0) is 11.3. The molecule has 2 heterocycles. The molecule has 2 aromatic rings. The molecule has 0 saturated heterocycles. The predicted octanol–water partition coefficient (Wildman–Crippen LogP) is 0.430. The van der Waals surface area contributed by atoms with Crippen LogP contribution in [0.15, 0.2) is 27.9 Å². The Morgan fingerprint density at radius 2 is 2.12 bits per heavy atom. The Labute approximate surface area is 91.0 Å². The Hall–Kier alpha value is -1.91. The number of nitrogens with zero attached hydrogens (tertiary/aromatic N) is 3. The summed E-state index contributed by atoms with van der Waals surface area (Å²) in [7, 11) is 1.65. The summed E-state index contributed by atoms with van der Waals surface area (Å²) in [6, 6.07) is 3.52. The molecule has 0 bridgehead atoms. The molecule has 5 nitrogen and oxygen atoms in total. The minimum atomic E-state index is -0.265. The summed E-state index contributed by atoms with van der Waals surface area (Å²) >= 11 is 0. The summed E-state index contributed by atoms with van der Waals surface area (Å²) in [6.45, 7) is 0. The van der Waals surface area contributed by atoms with Crippen LogP contribution in [0.2, 0.25) is 0 Å². The average Bonchev–Trinajstić information content (AvgIpc) is 3.11. The van der Waals surface area contributed by atoms with Crippen LogP contribution in [0, 0.1) is 0 Å². The molecule has 3 rings (SSSR count). The van der Waals surface area contributed by atoms with E-state index in [-0.39, 0.29) is 17.3 Å². The van der Waals surface area contributed by atoms with Gasteiger partial charge in [0, 0.05) is 19.3 Å². The molecule has 0 aromatic carbocycles. The second kappa shape index (κ2) is 3.04. The quantitative estimate of drug-likeness (QED) is 0.696. The molecule has 0 radical (unpaired) electrons. The lowest BCUT2D eigenvalue weighted by Gasteiger charge is -2.08. The molecule has 0 amide bonds.